The molecule has 0 amide bonds. The molecule has 1 aromatic heterocycles. The summed E-state index contributed by atoms with van der Waals surface area (Å²) >= 11 is 3.07. The monoisotopic (exact) mass is 279 g/mol. The van der Waals surface area contributed by atoms with Gasteiger partial charge >= 0.3 is 5.97 Å². The van der Waals surface area contributed by atoms with Crippen LogP contribution in [-0.2, 0) is 5.33 Å². The van der Waals surface area contributed by atoms with E-state index in [1.54, 1.807) is 6.92 Å². The van der Waals surface area contributed by atoms with Gasteiger partial charge in [0.15, 0.2) is 0 Å². The van der Waals surface area contributed by atoms with Crippen LogP contribution in [0.2, 0.25) is 0 Å². The fourth-order valence-electron chi connectivity index (χ4n) is 1.19. The van der Waals surface area contributed by atoms with Gasteiger partial charge < -0.3 is 5.11 Å². The first-order chi connectivity index (χ1) is 6.97. The highest BCUT2D eigenvalue weighted by Gasteiger charge is 2.19. The molecule has 0 unspecified atom stereocenters. The Balaban J connectivity index is 3.38. The molecule has 0 saturated carbocycles. The first kappa shape index (κ1) is 12.0. The third-order valence-corrected chi connectivity index (χ3v) is 2.50. The predicted octanol–water partition coefficient (Wildman–Crippen LogP) is 2.92. The molecule has 0 aliphatic carbocycles. The Morgan fingerprint density at radius 2 is 2.27 bits per heavy atom. The molecule has 0 saturated heterocycles. The SMILES string of the molecule is Cc1cc(C(=O)O)nc(C(F)F)c1CBr. The molecule has 0 aliphatic heterocycles. The van der Waals surface area contributed by atoms with Gasteiger partial charge in [0.2, 0.25) is 0 Å². The van der Waals surface area contributed by atoms with Crippen molar-refractivity contribution in [1.82, 2.24) is 4.98 Å². The van der Waals surface area contributed by atoms with Crippen LogP contribution in [0.5, 0.6) is 0 Å². The number of carboxylic acid groups (broad SMARTS) is 1. The molecule has 15 heavy (non-hydrogen) atoms. The van der Waals surface area contributed by atoms with Crippen LogP contribution in [-0.4, -0.2) is 16.1 Å². The highest BCUT2D eigenvalue weighted by atomic mass is 79.9. The number of carboxylic acids is 1. The third kappa shape index (κ3) is 2.50. The zero-order valence-corrected chi connectivity index (χ0v) is 9.38. The summed E-state index contributed by atoms with van der Waals surface area (Å²) in [6, 6.07) is 1.28. The first-order valence-corrected chi connectivity index (χ1v) is 5.17. The maximum absolute atomic E-state index is 12.6. The maximum Gasteiger partial charge on any atom is 0.354 e. The van der Waals surface area contributed by atoms with E-state index in [0.29, 0.717) is 11.1 Å². The van der Waals surface area contributed by atoms with Crippen LogP contribution in [0.3, 0.4) is 0 Å². The van der Waals surface area contributed by atoms with E-state index in [9.17, 15) is 13.6 Å². The van der Waals surface area contributed by atoms with E-state index in [0.717, 1.165) is 0 Å². The maximum atomic E-state index is 12.6. The summed E-state index contributed by atoms with van der Waals surface area (Å²) in [6.45, 7) is 1.58. The standard InChI is InChI=1S/C9H8BrF2NO2/c1-4-2-6(9(14)15)13-7(8(11)12)5(4)3-10/h2,8H,3H2,1H3,(H,14,15). The molecule has 0 fully saturated rings. The van der Waals surface area contributed by atoms with Gasteiger partial charge in [-0.25, -0.2) is 18.6 Å². The van der Waals surface area contributed by atoms with E-state index < -0.39 is 18.1 Å². The summed E-state index contributed by atoms with van der Waals surface area (Å²) in [5, 5.41) is 8.89. The zero-order chi connectivity index (χ0) is 11.6. The van der Waals surface area contributed by atoms with Crippen molar-refractivity contribution < 1.29 is 18.7 Å². The van der Waals surface area contributed by atoms with Gasteiger partial charge in [-0.15, -0.1) is 0 Å². The molecule has 6 heteroatoms. The summed E-state index contributed by atoms with van der Waals surface area (Å²) in [6.07, 6.45) is -2.77. The minimum Gasteiger partial charge on any atom is -0.477 e. The quantitative estimate of drug-likeness (QED) is 0.866. The Hall–Kier alpha value is -1.04. The zero-order valence-electron chi connectivity index (χ0n) is 7.80. The lowest BCUT2D eigenvalue weighted by atomic mass is 10.1. The summed E-state index contributed by atoms with van der Waals surface area (Å²) < 4.78 is 25.1. The van der Waals surface area contributed by atoms with Crippen LogP contribution in [0.1, 0.15) is 33.7 Å². The van der Waals surface area contributed by atoms with E-state index in [2.05, 4.69) is 20.9 Å². The molecule has 1 heterocycles. The molecule has 1 aromatic rings. The predicted molar refractivity (Wildman–Crippen MR) is 53.5 cm³/mol. The van der Waals surface area contributed by atoms with Gasteiger partial charge in [-0.1, -0.05) is 15.9 Å². The lowest BCUT2D eigenvalue weighted by Gasteiger charge is -2.09. The van der Waals surface area contributed by atoms with Crippen LogP contribution < -0.4 is 0 Å². The van der Waals surface area contributed by atoms with Gasteiger partial charge in [0.05, 0.1) is 0 Å². The number of halogens is 3. The number of carbonyl (C=O) groups is 1. The van der Waals surface area contributed by atoms with Crippen LogP contribution in [0.4, 0.5) is 8.78 Å². The second-order valence-electron chi connectivity index (χ2n) is 2.93. The molecular weight excluding hydrogens is 272 g/mol. The molecule has 82 valence electrons. The molecule has 0 atom stereocenters. The fraction of sp³-hybridized carbons (Fsp3) is 0.333. The normalized spacial score (nSPS) is 10.7. The molecule has 0 bridgehead atoms. The molecule has 0 radical (unpaired) electrons. The number of aryl methyl sites for hydroxylation is 1. The third-order valence-electron chi connectivity index (χ3n) is 1.94. The minimum absolute atomic E-state index is 0.228. The van der Waals surface area contributed by atoms with Gasteiger partial charge in [0, 0.05) is 5.33 Å². The summed E-state index contributed by atoms with van der Waals surface area (Å²) in [4.78, 5) is 14.0. The fourth-order valence-corrected chi connectivity index (χ4v) is 1.92. The number of hydrogen-bond donors (Lipinski definition) is 1. The van der Waals surface area contributed by atoms with Crippen molar-refractivity contribution in [3.63, 3.8) is 0 Å². The molecule has 0 aromatic carbocycles. The molecule has 1 rings (SSSR count). The van der Waals surface area contributed by atoms with Crippen molar-refractivity contribution in [2.75, 3.05) is 0 Å². The molecule has 0 spiro atoms. The Labute approximate surface area is 93.3 Å². The average Bonchev–Trinajstić information content (AvgIpc) is 2.16. The second-order valence-corrected chi connectivity index (χ2v) is 3.49. The number of rotatable bonds is 3. The van der Waals surface area contributed by atoms with E-state index >= 15 is 0 Å². The number of aromatic nitrogens is 1. The molecule has 1 N–H and O–H groups in total. The Morgan fingerprint density at radius 3 is 2.67 bits per heavy atom. The van der Waals surface area contributed by atoms with Gasteiger partial charge in [-0.3, -0.25) is 0 Å². The van der Waals surface area contributed by atoms with E-state index in [1.807, 2.05) is 0 Å². The number of nitrogens with zero attached hydrogens (tertiary/aromatic N) is 1. The Bertz CT molecular complexity index is 396. The van der Waals surface area contributed by atoms with Crippen molar-refractivity contribution >= 4 is 21.9 Å². The largest absolute Gasteiger partial charge is 0.477 e. The highest BCUT2D eigenvalue weighted by molar-refractivity contribution is 9.08. The van der Waals surface area contributed by atoms with Crippen molar-refractivity contribution in [2.24, 2.45) is 0 Å². The first-order valence-electron chi connectivity index (χ1n) is 4.05. The lowest BCUT2D eigenvalue weighted by Crippen LogP contribution is -2.08. The Kier molecular flexibility index (Phi) is 3.73. The van der Waals surface area contributed by atoms with Gasteiger partial charge in [0.25, 0.3) is 6.43 Å². The molecular formula is C9H8BrF2NO2. The van der Waals surface area contributed by atoms with Crippen LogP contribution >= 0.6 is 15.9 Å². The Morgan fingerprint density at radius 1 is 1.67 bits per heavy atom. The number of hydrogen-bond acceptors (Lipinski definition) is 2. The average molecular weight is 280 g/mol. The summed E-state index contributed by atoms with van der Waals surface area (Å²) in [5.41, 5.74) is 0.0151. The summed E-state index contributed by atoms with van der Waals surface area (Å²) in [7, 11) is 0. The van der Waals surface area contributed by atoms with Crippen LogP contribution in [0.15, 0.2) is 6.07 Å². The lowest BCUT2D eigenvalue weighted by molar-refractivity contribution is 0.0688. The van der Waals surface area contributed by atoms with Gasteiger partial charge in [0.1, 0.15) is 11.4 Å². The number of aromatic carboxylic acids is 1. The number of alkyl halides is 3. The topological polar surface area (TPSA) is 50.2 Å². The van der Waals surface area contributed by atoms with Crippen molar-refractivity contribution in [2.45, 2.75) is 18.7 Å². The summed E-state index contributed by atoms with van der Waals surface area (Å²) in [5.74, 6) is -1.30. The molecule has 3 nitrogen and oxygen atoms in total. The van der Waals surface area contributed by atoms with Crippen molar-refractivity contribution in [3.8, 4) is 0 Å². The van der Waals surface area contributed by atoms with E-state index in [-0.39, 0.29) is 11.0 Å². The number of pyridine rings is 1. The van der Waals surface area contributed by atoms with E-state index in [1.165, 1.54) is 6.07 Å². The van der Waals surface area contributed by atoms with Crippen molar-refractivity contribution in [3.05, 3.63) is 28.6 Å². The van der Waals surface area contributed by atoms with E-state index in [4.69, 9.17) is 5.11 Å². The van der Waals surface area contributed by atoms with Gasteiger partial charge in [-0.05, 0) is 24.1 Å². The second kappa shape index (κ2) is 4.65. The minimum atomic E-state index is -2.77. The van der Waals surface area contributed by atoms with Crippen molar-refractivity contribution in [1.29, 1.82) is 0 Å². The van der Waals surface area contributed by atoms with Crippen LogP contribution in [0, 0.1) is 6.92 Å². The molecule has 0 aliphatic rings. The highest BCUT2D eigenvalue weighted by Crippen LogP contribution is 2.26. The van der Waals surface area contributed by atoms with Crippen LogP contribution in [0.25, 0.3) is 0 Å². The van der Waals surface area contributed by atoms with Gasteiger partial charge in [-0.2, -0.15) is 0 Å². The smallest absolute Gasteiger partial charge is 0.354 e.